The summed E-state index contributed by atoms with van der Waals surface area (Å²) in [5.74, 6) is -0.916. The van der Waals surface area contributed by atoms with Crippen LogP contribution in [0.5, 0.6) is 0 Å². The summed E-state index contributed by atoms with van der Waals surface area (Å²) in [4.78, 5) is 19.0. The zero-order valence-electron chi connectivity index (χ0n) is 15.0. The zero-order valence-corrected chi connectivity index (χ0v) is 15.0. The number of aromatic carboxylic acids is 1. The van der Waals surface area contributed by atoms with Crippen LogP contribution in [0, 0.1) is 0 Å². The van der Waals surface area contributed by atoms with E-state index in [1.165, 1.54) is 5.39 Å². The van der Waals surface area contributed by atoms with Gasteiger partial charge in [-0.05, 0) is 58.5 Å². The molecule has 136 valence electrons. The molecule has 0 amide bonds. The third-order valence-corrected chi connectivity index (χ3v) is 5.04. The monoisotopic (exact) mass is 367 g/mol. The third kappa shape index (κ3) is 2.83. The molecule has 0 bridgehead atoms. The van der Waals surface area contributed by atoms with Gasteiger partial charge in [-0.3, -0.25) is 0 Å². The van der Waals surface area contributed by atoms with Gasteiger partial charge in [0.2, 0.25) is 0 Å². The molecule has 0 fully saturated rings. The summed E-state index contributed by atoms with van der Waals surface area (Å²) in [6, 6.07) is 21.7. The molecule has 2 aromatic heterocycles. The second-order valence-corrected chi connectivity index (χ2v) is 6.86. The highest BCUT2D eigenvalue weighted by Crippen LogP contribution is 2.27. The molecule has 0 atom stereocenters. The van der Waals surface area contributed by atoms with Gasteiger partial charge in [0.15, 0.2) is 0 Å². The summed E-state index contributed by atoms with van der Waals surface area (Å²) in [7, 11) is 0. The molecule has 0 saturated heterocycles. The molecule has 28 heavy (non-hydrogen) atoms. The molecule has 5 heteroatoms. The molecule has 0 radical (unpaired) electrons. The van der Waals surface area contributed by atoms with E-state index in [0.29, 0.717) is 12.1 Å². The van der Waals surface area contributed by atoms with Crippen molar-refractivity contribution < 1.29 is 9.90 Å². The van der Waals surface area contributed by atoms with Crippen LogP contribution in [-0.4, -0.2) is 25.6 Å². The Balaban J connectivity index is 1.49. The van der Waals surface area contributed by atoms with Gasteiger partial charge < -0.3 is 14.7 Å². The summed E-state index contributed by atoms with van der Waals surface area (Å²) in [5, 5.41) is 10.4. The quantitative estimate of drug-likeness (QED) is 0.473. The number of hydrogen-bond donors (Lipinski definition) is 2. The number of fused-ring (bicyclic) bond motifs is 2. The predicted octanol–water partition coefficient (Wildman–Crippen LogP) is 4.93. The SMILES string of the molecule is O=C(O)c1cccc(Cn2cnc3cc(-c4ccc5cc[nH]c5c4)ccc32)c1. The van der Waals surface area contributed by atoms with Crippen molar-refractivity contribution in [3.63, 3.8) is 0 Å². The van der Waals surface area contributed by atoms with E-state index in [2.05, 4.69) is 52.4 Å². The molecule has 0 aliphatic heterocycles. The minimum Gasteiger partial charge on any atom is -0.478 e. The number of aromatic amines is 1. The van der Waals surface area contributed by atoms with Gasteiger partial charge in [0, 0.05) is 18.3 Å². The van der Waals surface area contributed by atoms with Crippen molar-refractivity contribution in [2.45, 2.75) is 6.54 Å². The van der Waals surface area contributed by atoms with Crippen molar-refractivity contribution in [2.75, 3.05) is 0 Å². The second kappa shape index (κ2) is 6.39. The number of carboxylic acids is 1. The highest BCUT2D eigenvalue weighted by atomic mass is 16.4. The van der Waals surface area contributed by atoms with Crippen molar-refractivity contribution in [1.82, 2.24) is 14.5 Å². The Bertz CT molecular complexity index is 1330. The number of benzene rings is 3. The fraction of sp³-hybridized carbons (Fsp3) is 0.0435. The Hall–Kier alpha value is -3.86. The lowest BCUT2D eigenvalue weighted by molar-refractivity contribution is 0.0696. The second-order valence-electron chi connectivity index (χ2n) is 6.86. The molecule has 0 aliphatic rings. The van der Waals surface area contributed by atoms with Crippen LogP contribution in [-0.2, 0) is 6.54 Å². The zero-order chi connectivity index (χ0) is 19.1. The van der Waals surface area contributed by atoms with Crippen molar-refractivity contribution in [1.29, 1.82) is 0 Å². The van der Waals surface area contributed by atoms with E-state index >= 15 is 0 Å². The summed E-state index contributed by atoms with van der Waals surface area (Å²) < 4.78 is 2.04. The van der Waals surface area contributed by atoms with Gasteiger partial charge in [-0.15, -0.1) is 0 Å². The smallest absolute Gasteiger partial charge is 0.335 e. The molecular weight excluding hydrogens is 350 g/mol. The number of carboxylic acid groups (broad SMARTS) is 1. The lowest BCUT2D eigenvalue weighted by Crippen LogP contribution is -2.01. The van der Waals surface area contributed by atoms with Crippen LogP contribution in [0.3, 0.4) is 0 Å². The molecule has 5 aromatic rings. The van der Waals surface area contributed by atoms with Gasteiger partial charge in [0.05, 0.1) is 22.9 Å². The summed E-state index contributed by atoms with van der Waals surface area (Å²) >= 11 is 0. The standard InChI is InChI=1S/C23H17N3O2/c27-23(28)19-3-1-2-15(10-19)13-26-14-25-21-12-18(6-7-22(21)26)17-5-4-16-8-9-24-20(16)11-17/h1-12,14,24H,13H2,(H,27,28). The maximum absolute atomic E-state index is 11.2. The van der Waals surface area contributed by atoms with Gasteiger partial charge in [-0.2, -0.15) is 0 Å². The van der Waals surface area contributed by atoms with Gasteiger partial charge in [0.25, 0.3) is 0 Å². The molecule has 5 nitrogen and oxygen atoms in total. The molecule has 2 heterocycles. The number of imidazole rings is 1. The van der Waals surface area contributed by atoms with E-state index in [-0.39, 0.29) is 0 Å². The first-order valence-corrected chi connectivity index (χ1v) is 9.02. The number of hydrogen-bond acceptors (Lipinski definition) is 2. The van der Waals surface area contributed by atoms with E-state index in [0.717, 1.165) is 33.2 Å². The van der Waals surface area contributed by atoms with Crippen molar-refractivity contribution in [3.05, 3.63) is 90.4 Å². The molecular formula is C23H17N3O2. The molecule has 2 N–H and O–H groups in total. The fourth-order valence-corrected chi connectivity index (χ4v) is 3.60. The van der Waals surface area contributed by atoms with Gasteiger partial charge in [0.1, 0.15) is 0 Å². The van der Waals surface area contributed by atoms with E-state index < -0.39 is 5.97 Å². The number of nitrogens with one attached hydrogen (secondary N) is 1. The largest absolute Gasteiger partial charge is 0.478 e. The lowest BCUT2D eigenvalue weighted by atomic mass is 10.0. The van der Waals surface area contributed by atoms with Crippen LogP contribution >= 0.6 is 0 Å². The Labute approximate surface area is 160 Å². The van der Waals surface area contributed by atoms with Crippen LogP contribution in [0.15, 0.2) is 79.3 Å². The number of nitrogens with zero attached hydrogens (tertiary/aromatic N) is 2. The normalized spacial score (nSPS) is 11.3. The fourth-order valence-electron chi connectivity index (χ4n) is 3.60. The van der Waals surface area contributed by atoms with Crippen molar-refractivity contribution >= 4 is 27.9 Å². The Morgan fingerprint density at radius 1 is 1.00 bits per heavy atom. The molecule has 0 aliphatic carbocycles. The Kier molecular flexibility index (Phi) is 3.72. The van der Waals surface area contributed by atoms with Crippen molar-refractivity contribution in [3.8, 4) is 11.1 Å². The van der Waals surface area contributed by atoms with E-state index in [4.69, 9.17) is 0 Å². The molecule has 0 spiro atoms. The first-order chi connectivity index (χ1) is 13.7. The van der Waals surface area contributed by atoms with Gasteiger partial charge in [-0.25, -0.2) is 9.78 Å². The van der Waals surface area contributed by atoms with Crippen LogP contribution in [0.4, 0.5) is 0 Å². The highest BCUT2D eigenvalue weighted by Gasteiger charge is 2.08. The summed E-state index contributed by atoms with van der Waals surface area (Å²) in [6.07, 6.45) is 3.74. The maximum Gasteiger partial charge on any atom is 0.335 e. The van der Waals surface area contributed by atoms with Gasteiger partial charge in [-0.1, -0.05) is 30.3 Å². The average Bonchev–Trinajstić information content (AvgIpc) is 3.34. The number of H-pyrrole nitrogens is 1. The topological polar surface area (TPSA) is 70.9 Å². The lowest BCUT2D eigenvalue weighted by Gasteiger charge is -2.07. The summed E-state index contributed by atoms with van der Waals surface area (Å²) in [6.45, 7) is 0.575. The summed E-state index contributed by atoms with van der Waals surface area (Å²) in [5.41, 5.74) is 6.53. The Morgan fingerprint density at radius 3 is 2.75 bits per heavy atom. The maximum atomic E-state index is 11.2. The first kappa shape index (κ1) is 16.3. The predicted molar refractivity (Wildman–Crippen MR) is 110 cm³/mol. The van der Waals surface area contributed by atoms with E-state index in [9.17, 15) is 9.90 Å². The van der Waals surface area contributed by atoms with E-state index in [1.807, 2.05) is 16.8 Å². The molecule has 0 saturated carbocycles. The Morgan fingerprint density at radius 2 is 1.86 bits per heavy atom. The van der Waals surface area contributed by atoms with Crippen LogP contribution < -0.4 is 0 Å². The van der Waals surface area contributed by atoms with Gasteiger partial charge >= 0.3 is 5.97 Å². The molecule has 3 aromatic carbocycles. The average molecular weight is 367 g/mol. The van der Waals surface area contributed by atoms with Crippen LogP contribution in [0.1, 0.15) is 15.9 Å². The minimum absolute atomic E-state index is 0.295. The van der Waals surface area contributed by atoms with E-state index in [1.54, 1.807) is 24.5 Å². The molecule has 5 rings (SSSR count). The van der Waals surface area contributed by atoms with Crippen molar-refractivity contribution in [2.24, 2.45) is 0 Å². The third-order valence-electron chi connectivity index (χ3n) is 5.04. The number of aromatic nitrogens is 3. The van der Waals surface area contributed by atoms with Crippen LogP contribution in [0.25, 0.3) is 33.1 Å². The highest BCUT2D eigenvalue weighted by molar-refractivity contribution is 5.88. The molecule has 0 unspecified atom stereocenters. The number of carbonyl (C=O) groups is 1. The number of rotatable bonds is 4. The first-order valence-electron chi connectivity index (χ1n) is 9.02. The minimum atomic E-state index is -0.916. The van der Waals surface area contributed by atoms with Crippen LogP contribution in [0.2, 0.25) is 0 Å².